The molecule has 0 saturated carbocycles. The van der Waals surface area contributed by atoms with Gasteiger partial charge in [-0.05, 0) is 27.4 Å². The molecule has 0 saturated heterocycles. The minimum Gasteiger partial charge on any atom is -0.456 e. The molecule has 120 valence electrons. The number of ether oxygens (including phenoxy) is 1. The van der Waals surface area contributed by atoms with Crippen LogP contribution in [-0.2, 0) is 14.3 Å². The Balaban J connectivity index is 2.56. The van der Waals surface area contributed by atoms with Crippen LogP contribution in [0.25, 0.3) is 0 Å². The Hall–Kier alpha value is -1.96. The number of non-ortho nitro benzene ring substituents is 1. The number of halogens is 1. The molecule has 0 atom stereocenters. The smallest absolute Gasteiger partial charge is 0.306 e. The second-order valence-corrected chi connectivity index (χ2v) is 6.72. The number of hydrogen-bond donors (Lipinski definition) is 1. The van der Waals surface area contributed by atoms with Crippen LogP contribution in [0.2, 0.25) is 0 Å². The van der Waals surface area contributed by atoms with E-state index in [0.29, 0.717) is 10.2 Å². The van der Waals surface area contributed by atoms with Crippen molar-refractivity contribution >= 4 is 39.2 Å². The van der Waals surface area contributed by atoms with Crippen molar-refractivity contribution in [3.63, 3.8) is 0 Å². The van der Waals surface area contributed by atoms with Crippen LogP contribution >= 0.6 is 15.9 Å². The number of nitrogens with one attached hydrogen (secondary N) is 1. The fourth-order valence-electron chi connectivity index (χ4n) is 1.54. The number of anilines is 1. The predicted molar refractivity (Wildman–Crippen MR) is 84.5 cm³/mol. The van der Waals surface area contributed by atoms with E-state index < -0.39 is 23.4 Å². The Bertz CT molecular complexity index is 595. The molecule has 0 aliphatic carbocycles. The van der Waals surface area contributed by atoms with Gasteiger partial charge in [0.15, 0.2) is 6.61 Å². The molecule has 22 heavy (non-hydrogen) atoms. The van der Waals surface area contributed by atoms with Gasteiger partial charge in [0.05, 0.1) is 17.0 Å². The first kappa shape index (κ1) is 18.1. The van der Waals surface area contributed by atoms with Gasteiger partial charge in [-0.25, -0.2) is 0 Å². The highest BCUT2D eigenvalue weighted by Crippen LogP contribution is 2.27. The second-order valence-electron chi connectivity index (χ2n) is 5.87. The van der Waals surface area contributed by atoms with Gasteiger partial charge >= 0.3 is 5.97 Å². The fourth-order valence-corrected chi connectivity index (χ4v) is 2.00. The normalized spacial score (nSPS) is 10.9. The number of nitro groups is 1. The number of nitrogens with zero attached hydrogens (tertiary/aromatic N) is 1. The van der Waals surface area contributed by atoms with E-state index in [2.05, 4.69) is 21.2 Å². The molecule has 0 aliphatic rings. The van der Waals surface area contributed by atoms with Crippen LogP contribution in [0, 0.1) is 15.5 Å². The summed E-state index contributed by atoms with van der Waals surface area (Å²) in [5.74, 6) is -0.970. The molecule has 0 aromatic heterocycles. The quantitative estimate of drug-likeness (QED) is 0.485. The number of esters is 1. The summed E-state index contributed by atoms with van der Waals surface area (Å²) in [6, 6.07) is 3.95. The van der Waals surface area contributed by atoms with Gasteiger partial charge in [0.25, 0.3) is 11.6 Å². The van der Waals surface area contributed by atoms with E-state index in [1.807, 2.05) is 20.8 Å². The number of hydrogen-bond acceptors (Lipinski definition) is 5. The van der Waals surface area contributed by atoms with E-state index in [4.69, 9.17) is 4.74 Å². The molecular formula is C14H17BrN2O5. The lowest BCUT2D eigenvalue weighted by Gasteiger charge is -2.16. The lowest BCUT2D eigenvalue weighted by molar-refractivity contribution is -0.384. The van der Waals surface area contributed by atoms with Crippen LogP contribution in [0.3, 0.4) is 0 Å². The van der Waals surface area contributed by atoms with Crippen molar-refractivity contribution in [1.82, 2.24) is 0 Å². The Kier molecular flexibility index (Phi) is 6.04. The van der Waals surface area contributed by atoms with Crippen LogP contribution in [0.15, 0.2) is 22.7 Å². The average molecular weight is 373 g/mol. The highest BCUT2D eigenvalue weighted by molar-refractivity contribution is 9.10. The van der Waals surface area contributed by atoms with Gasteiger partial charge in [-0.15, -0.1) is 0 Å². The van der Waals surface area contributed by atoms with Gasteiger partial charge < -0.3 is 10.1 Å². The SMILES string of the molecule is CC(C)(C)CC(=O)OCC(=O)Nc1ccc([N+](=O)[O-])cc1Br. The molecule has 1 aromatic rings. The highest BCUT2D eigenvalue weighted by Gasteiger charge is 2.18. The maximum Gasteiger partial charge on any atom is 0.306 e. The first-order valence-corrected chi connectivity index (χ1v) is 7.27. The van der Waals surface area contributed by atoms with Gasteiger partial charge in [-0.2, -0.15) is 0 Å². The molecule has 1 N–H and O–H groups in total. The van der Waals surface area contributed by atoms with Crippen molar-refractivity contribution in [3.8, 4) is 0 Å². The molecule has 0 spiro atoms. The van der Waals surface area contributed by atoms with Crippen LogP contribution < -0.4 is 5.32 Å². The molecule has 1 amide bonds. The first-order valence-electron chi connectivity index (χ1n) is 6.48. The molecule has 0 unspecified atom stereocenters. The summed E-state index contributed by atoms with van der Waals surface area (Å²) >= 11 is 3.14. The summed E-state index contributed by atoms with van der Waals surface area (Å²) in [5.41, 5.74) is 0.0542. The molecule has 0 heterocycles. The lowest BCUT2D eigenvalue weighted by Crippen LogP contribution is -2.23. The molecule has 0 bridgehead atoms. The van der Waals surface area contributed by atoms with Gasteiger partial charge in [-0.3, -0.25) is 19.7 Å². The summed E-state index contributed by atoms with van der Waals surface area (Å²) in [6.45, 7) is 5.27. The molecule has 0 radical (unpaired) electrons. The van der Waals surface area contributed by atoms with Crippen molar-refractivity contribution in [2.75, 3.05) is 11.9 Å². The topological polar surface area (TPSA) is 98.5 Å². The van der Waals surface area contributed by atoms with Gasteiger partial charge in [0.1, 0.15) is 0 Å². The van der Waals surface area contributed by atoms with E-state index in [-0.39, 0.29) is 17.5 Å². The number of nitro benzene ring substituents is 1. The molecule has 1 rings (SSSR count). The van der Waals surface area contributed by atoms with E-state index in [0.717, 1.165) is 0 Å². The van der Waals surface area contributed by atoms with Crippen molar-refractivity contribution < 1.29 is 19.2 Å². The third-order valence-corrected chi connectivity index (χ3v) is 3.13. The maximum atomic E-state index is 11.7. The van der Waals surface area contributed by atoms with Gasteiger partial charge in [-0.1, -0.05) is 20.8 Å². The second kappa shape index (κ2) is 7.35. The fraction of sp³-hybridized carbons (Fsp3) is 0.429. The zero-order chi connectivity index (χ0) is 16.9. The lowest BCUT2D eigenvalue weighted by atomic mass is 9.93. The Morgan fingerprint density at radius 3 is 2.50 bits per heavy atom. The number of carbonyl (C=O) groups excluding carboxylic acids is 2. The third-order valence-electron chi connectivity index (χ3n) is 2.48. The van der Waals surface area contributed by atoms with Crippen LogP contribution in [-0.4, -0.2) is 23.4 Å². The Labute approximate surface area is 136 Å². The zero-order valence-electron chi connectivity index (χ0n) is 12.5. The third kappa shape index (κ3) is 6.21. The van der Waals surface area contributed by atoms with Crippen molar-refractivity contribution in [3.05, 3.63) is 32.8 Å². The molecule has 0 fully saturated rings. The number of amides is 1. The van der Waals surface area contributed by atoms with Crippen molar-refractivity contribution in [2.45, 2.75) is 27.2 Å². The summed E-state index contributed by atoms with van der Waals surface area (Å²) in [4.78, 5) is 33.3. The molecule has 7 nitrogen and oxygen atoms in total. The van der Waals surface area contributed by atoms with E-state index >= 15 is 0 Å². The minimum atomic E-state index is -0.537. The summed E-state index contributed by atoms with van der Waals surface area (Å²) in [6.07, 6.45) is 0.210. The van der Waals surface area contributed by atoms with Crippen molar-refractivity contribution in [1.29, 1.82) is 0 Å². The molecule has 8 heteroatoms. The molecule has 1 aromatic carbocycles. The van der Waals surface area contributed by atoms with Crippen LogP contribution in [0.1, 0.15) is 27.2 Å². The monoisotopic (exact) mass is 372 g/mol. The Morgan fingerprint density at radius 1 is 1.36 bits per heavy atom. The molecule has 0 aliphatic heterocycles. The number of benzene rings is 1. The molecular weight excluding hydrogens is 356 g/mol. The standard InChI is InChI=1S/C14H17BrN2O5/c1-14(2,3)7-13(19)22-8-12(18)16-11-5-4-9(17(20)21)6-10(11)15/h4-6H,7-8H2,1-3H3,(H,16,18). The largest absolute Gasteiger partial charge is 0.456 e. The minimum absolute atomic E-state index is 0.0959. The van der Waals surface area contributed by atoms with E-state index in [1.54, 1.807) is 0 Å². The number of rotatable bonds is 5. The summed E-state index contributed by atoms with van der Waals surface area (Å²) < 4.78 is 5.25. The van der Waals surface area contributed by atoms with Gasteiger partial charge in [0, 0.05) is 16.6 Å². The van der Waals surface area contributed by atoms with Crippen molar-refractivity contribution in [2.24, 2.45) is 5.41 Å². The van der Waals surface area contributed by atoms with Crippen LogP contribution in [0.4, 0.5) is 11.4 Å². The summed E-state index contributed by atoms with van der Waals surface area (Å²) in [5, 5.41) is 13.1. The average Bonchev–Trinajstić information content (AvgIpc) is 2.36. The first-order chi connectivity index (χ1) is 10.1. The zero-order valence-corrected chi connectivity index (χ0v) is 14.1. The van der Waals surface area contributed by atoms with E-state index in [1.165, 1.54) is 18.2 Å². The highest BCUT2D eigenvalue weighted by atomic mass is 79.9. The predicted octanol–water partition coefficient (Wildman–Crippen LogP) is 3.28. The van der Waals surface area contributed by atoms with Gasteiger partial charge in [0.2, 0.25) is 0 Å². The van der Waals surface area contributed by atoms with Crippen LogP contribution in [0.5, 0.6) is 0 Å². The maximum absolute atomic E-state index is 11.7. The summed E-state index contributed by atoms with van der Waals surface area (Å²) in [7, 11) is 0. The Morgan fingerprint density at radius 2 is 2.00 bits per heavy atom. The number of carbonyl (C=O) groups is 2. The van der Waals surface area contributed by atoms with E-state index in [9.17, 15) is 19.7 Å².